The topological polar surface area (TPSA) is 84.5 Å². The number of aliphatic imine (C=N–C) groups is 1. The first-order chi connectivity index (χ1) is 17.3. The van der Waals surface area contributed by atoms with Gasteiger partial charge in [-0.05, 0) is 44.0 Å². The Kier molecular flexibility index (Phi) is 6.60. The standard InChI is InChI=1S/C26H24BClN6OS/c1-14-15(2)36-26-23(14)24(18-6-10-20(28)11-7-18)30-21(25-33-31-16(3)34(25)26)12-22(35)32-29-13-17-4-8-19(27)9-5-17/h4-11,13,21H,12,27H2,1-3H3,(H,32,35)/b29-13-/t21-/m0/s1. The highest BCUT2D eigenvalue weighted by molar-refractivity contribution is 7.15. The van der Waals surface area contributed by atoms with Gasteiger partial charge >= 0.3 is 0 Å². The smallest absolute Gasteiger partial charge is 0.242 e. The molecular formula is C26H24BClN6OS. The Bertz CT molecular complexity index is 1500. The molecule has 10 heteroatoms. The number of halogens is 1. The first-order valence-electron chi connectivity index (χ1n) is 11.6. The van der Waals surface area contributed by atoms with Crippen molar-refractivity contribution in [2.75, 3.05) is 0 Å². The summed E-state index contributed by atoms with van der Waals surface area (Å²) in [6, 6.07) is 15.0. The Hall–Kier alpha value is -3.56. The Morgan fingerprint density at radius 1 is 1.14 bits per heavy atom. The second-order valence-corrected chi connectivity index (χ2v) is 10.5. The number of amides is 1. The van der Waals surface area contributed by atoms with Gasteiger partial charge in [0.25, 0.3) is 0 Å². The molecule has 180 valence electrons. The van der Waals surface area contributed by atoms with E-state index in [-0.39, 0.29) is 12.3 Å². The Labute approximate surface area is 219 Å². The summed E-state index contributed by atoms with van der Waals surface area (Å²) in [4.78, 5) is 19.2. The molecule has 3 heterocycles. The highest BCUT2D eigenvalue weighted by atomic mass is 35.5. The largest absolute Gasteiger partial charge is 0.273 e. The van der Waals surface area contributed by atoms with E-state index in [0.717, 1.165) is 44.3 Å². The lowest BCUT2D eigenvalue weighted by Crippen LogP contribution is -2.21. The van der Waals surface area contributed by atoms with Gasteiger partial charge in [-0.2, -0.15) is 5.10 Å². The molecule has 0 spiro atoms. The van der Waals surface area contributed by atoms with E-state index < -0.39 is 6.04 Å². The summed E-state index contributed by atoms with van der Waals surface area (Å²) in [5, 5.41) is 14.6. The molecule has 0 bridgehead atoms. The van der Waals surface area contributed by atoms with E-state index in [4.69, 9.17) is 16.6 Å². The highest BCUT2D eigenvalue weighted by Gasteiger charge is 2.32. The predicted octanol–water partition coefficient (Wildman–Crippen LogP) is 3.60. The maximum absolute atomic E-state index is 12.9. The Balaban J connectivity index is 1.52. The zero-order valence-corrected chi connectivity index (χ0v) is 22.0. The van der Waals surface area contributed by atoms with Crippen LogP contribution in [0.1, 0.15) is 51.2 Å². The van der Waals surface area contributed by atoms with Gasteiger partial charge in [-0.3, -0.25) is 14.4 Å². The van der Waals surface area contributed by atoms with E-state index in [1.54, 1.807) is 17.6 Å². The van der Waals surface area contributed by atoms with Crippen LogP contribution in [0.15, 0.2) is 58.6 Å². The van der Waals surface area contributed by atoms with Crippen molar-refractivity contribution in [2.45, 2.75) is 33.2 Å². The molecule has 4 aromatic rings. The fraction of sp³-hybridized carbons (Fsp3) is 0.192. The molecule has 2 aromatic carbocycles. The number of carbonyl (C=O) groups excluding carboxylic acids is 1. The van der Waals surface area contributed by atoms with Crippen molar-refractivity contribution in [3.63, 3.8) is 0 Å². The van der Waals surface area contributed by atoms with Gasteiger partial charge in [-0.15, -0.1) is 21.5 Å². The first-order valence-corrected chi connectivity index (χ1v) is 12.8. The molecule has 36 heavy (non-hydrogen) atoms. The molecule has 0 saturated heterocycles. The summed E-state index contributed by atoms with van der Waals surface area (Å²) >= 11 is 7.84. The summed E-state index contributed by atoms with van der Waals surface area (Å²) in [5.74, 6) is 1.13. The third kappa shape index (κ3) is 4.64. The van der Waals surface area contributed by atoms with E-state index in [9.17, 15) is 4.79 Å². The van der Waals surface area contributed by atoms with Crippen molar-refractivity contribution >= 4 is 54.1 Å². The fourth-order valence-corrected chi connectivity index (χ4v) is 5.53. The monoisotopic (exact) mass is 514 g/mol. The van der Waals surface area contributed by atoms with Crippen LogP contribution < -0.4 is 10.9 Å². The van der Waals surface area contributed by atoms with Crippen LogP contribution in [0.2, 0.25) is 5.02 Å². The van der Waals surface area contributed by atoms with Gasteiger partial charge in [0.1, 0.15) is 24.7 Å². The molecule has 2 aromatic heterocycles. The summed E-state index contributed by atoms with van der Waals surface area (Å²) < 4.78 is 2.03. The van der Waals surface area contributed by atoms with Crippen LogP contribution in [-0.2, 0) is 4.79 Å². The number of fused-ring (bicyclic) bond motifs is 3. The van der Waals surface area contributed by atoms with Gasteiger partial charge in [-0.1, -0.05) is 53.5 Å². The van der Waals surface area contributed by atoms with E-state index in [1.165, 1.54) is 4.88 Å². The van der Waals surface area contributed by atoms with Crippen LogP contribution in [-0.4, -0.2) is 40.4 Å². The molecule has 7 nitrogen and oxygen atoms in total. The van der Waals surface area contributed by atoms with E-state index in [2.05, 4.69) is 34.6 Å². The lowest BCUT2D eigenvalue weighted by atomic mass is 9.96. The maximum Gasteiger partial charge on any atom is 0.242 e. The fourth-order valence-electron chi connectivity index (χ4n) is 4.19. The number of nitrogens with one attached hydrogen (secondary N) is 1. The maximum atomic E-state index is 12.9. The van der Waals surface area contributed by atoms with Crippen molar-refractivity contribution in [3.8, 4) is 5.00 Å². The summed E-state index contributed by atoms with van der Waals surface area (Å²) in [5.41, 5.74) is 8.63. The van der Waals surface area contributed by atoms with Crippen LogP contribution in [0.3, 0.4) is 0 Å². The van der Waals surface area contributed by atoms with E-state index in [0.29, 0.717) is 10.8 Å². The van der Waals surface area contributed by atoms with Crippen molar-refractivity contribution in [1.82, 2.24) is 20.2 Å². The molecule has 1 aliphatic rings. The zero-order valence-electron chi connectivity index (χ0n) is 20.4. The molecule has 0 radical (unpaired) electrons. The molecule has 1 atom stereocenters. The summed E-state index contributed by atoms with van der Waals surface area (Å²) in [6.45, 7) is 6.12. The highest BCUT2D eigenvalue weighted by Crippen LogP contribution is 2.39. The molecule has 1 N–H and O–H groups in total. The van der Waals surface area contributed by atoms with Gasteiger partial charge in [0.05, 0.1) is 18.3 Å². The number of hydrazone groups is 1. The Morgan fingerprint density at radius 2 is 1.86 bits per heavy atom. The molecule has 0 fully saturated rings. The van der Waals surface area contributed by atoms with E-state index in [1.807, 2.05) is 67.9 Å². The number of aromatic nitrogens is 3. The van der Waals surface area contributed by atoms with Crippen molar-refractivity contribution in [3.05, 3.63) is 92.3 Å². The van der Waals surface area contributed by atoms with Crippen molar-refractivity contribution < 1.29 is 4.79 Å². The van der Waals surface area contributed by atoms with Crippen molar-refractivity contribution in [2.24, 2.45) is 10.1 Å². The minimum Gasteiger partial charge on any atom is -0.273 e. The summed E-state index contributed by atoms with van der Waals surface area (Å²) in [6.07, 6.45) is 1.70. The average Bonchev–Trinajstić information content (AvgIpc) is 3.33. The number of benzene rings is 2. The first kappa shape index (κ1) is 24.2. The van der Waals surface area contributed by atoms with Gasteiger partial charge in [-0.25, -0.2) is 5.43 Å². The lowest BCUT2D eigenvalue weighted by Gasteiger charge is -2.12. The molecule has 1 amide bonds. The van der Waals surface area contributed by atoms with Gasteiger partial charge < -0.3 is 0 Å². The van der Waals surface area contributed by atoms with Crippen molar-refractivity contribution in [1.29, 1.82) is 0 Å². The number of rotatable bonds is 5. The number of aryl methyl sites for hydroxylation is 2. The molecule has 0 aliphatic carbocycles. The third-order valence-electron chi connectivity index (χ3n) is 6.22. The second kappa shape index (κ2) is 9.83. The van der Waals surface area contributed by atoms with Gasteiger partial charge in [0, 0.05) is 21.0 Å². The number of hydrogen-bond donors (Lipinski definition) is 1. The molecule has 5 rings (SSSR count). The average molecular weight is 515 g/mol. The quantitative estimate of drug-likeness (QED) is 0.251. The van der Waals surface area contributed by atoms with Crippen LogP contribution in [0.25, 0.3) is 5.00 Å². The third-order valence-corrected chi connectivity index (χ3v) is 7.66. The zero-order chi connectivity index (χ0) is 25.4. The Morgan fingerprint density at radius 3 is 2.58 bits per heavy atom. The SMILES string of the molecule is Bc1ccc(/C=N\NC(=O)C[C@@H]2N=C(c3ccc(Cl)cc3)c3c(sc(C)c3C)-n3c(C)nnc32)cc1. The molecule has 1 aliphatic heterocycles. The number of nitrogens with zero attached hydrogens (tertiary/aromatic N) is 5. The minimum atomic E-state index is -0.536. The summed E-state index contributed by atoms with van der Waals surface area (Å²) in [7, 11) is 2.02. The van der Waals surface area contributed by atoms with Crippen LogP contribution >= 0.6 is 22.9 Å². The number of hydrogen-bond acceptors (Lipinski definition) is 6. The minimum absolute atomic E-state index is 0.0768. The molecular weight excluding hydrogens is 491 g/mol. The second-order valence-electron chi connectivity index (χ2n) is 8.81. The van der Waals surface area contributed by atoms with Crippen LogP contribution in [0.4, 0.5) is 0 Å². The lowest BCUT2D eigenvalue weighted by molar-refractivity contribution is -0.121. The predicted molar refractivity (Wildman–Crippen MR) is 148 cm³/mol. The molecule has 0 saturated carbocycles. The number of thiophene rings is 1. The van der Waals surface area contributed by atoms with Crippen LogP contribution in [0.5, 0.6) is 0 Å². The molecule has 0 unspecified atom stereocenters. The normalized spacial score (nSPS) is 14.8. The number of carbonyl (C=O) groups is 1. The van der Waals surface area contributed by atoms with Gasteiger partial charge in [0.15, 0.2) is 5.82 Å². The van der Waals surface area contributed by atoms with Gasteiger partial charge in [0.2, 0.25) is 5.91 Å². The van der Waals surface area contributed by atoms with E-state index >= 15 is 0 Å². The van der Waals surface area contributed by atoms with Crippen LogP contribution in [0, 0.1) is 20.8 Å².